The lowest BCUT2D eigenvalue weighted by Crippen LogP contribution is -2.50. The molecule has 1 aromatic rings. The second-order valence-corrected chi connectivity index (χ2v) is 7.96. The van der Waals surface area contributed by atoms with Crippen LogP contribution < -0.4 is 10.5 Å². The standard InChI is InChI=1S/C21H32N2O2.ClH/c1-15-6-7-18(14-19(15)25-3)21(10-4-5-11-21)20(24)23-12-8-17(9-13-23)16(2)22;/h6-7,14,16-17H,4-5,8-13,22H2,1-3H3;1H. The van der Waals surface area contributed by atoms with Gasteiger partial charge in [0.2, 0.25) is 5.91 Å². The number of benzene rings is 1. The summed E-state index contributed by atoms with van der Waals surface area (Å²) in [5.41, 5.74) is 7.94. The second-order valence-electron chi connectivity index (χ2n) is 7.96. The predicted octanol–water partition coefficient (Wildman–Crippen LogP) is 3.82. The summed E-state index contributed by atoms with van der Waals surface area (Å²) in [5, 5.41) is 0. The zero-order valence-corrected chi connectivity index (χ0v) is 17.1. The van der Waals surface area contributed by atoms with Gasteiger partial charge in [0.15, 0.2) is 0 Å². The van der Waals surface area contributed by atoms with Crippen molar-refractivity contribution in [2.45, 2.75) is 63.8 Å². The fourth-order valence-electron chi connectivity index (χ4n) is 4.65. The molecule has 26 heavy (non-hydrogen) atoms. The normalized spacial score (nSPS) is 21.2. The number of methoxy groups -OCH3 is 1. The van der Waals surface area contributed by atoms with E-state index in [1.165, 1.54) is 0 Å². The molecule has 1 aliphatic carbocycles. The molecular weight excluding hydrogens is 348 g/mol. The average Bonchev–Trinajstić information content (AvgIpc) is 3.12. The van der Waals surface area contributed by atoms with Crippen molar-refractivity contribution < 1.29 is 9.53 Å². The number of likely N-dealkylation sites (tertiary alicyclic amines) is 1. The molecule has 1 aromatic carbocycles. The van der Waals surface area contributed by atoms with Crippen molar-refractivity contribution in [3.63, 3.8) is 0 Å². The van der Waals surface area contributed by atoms with Crippen LogP contribution >= 0.6 is 12.4 Å². The molecule has 0 aromatic heterocycles. The van der Waals surface area contributed by atoms with Crippen LogP contribution in [0.2, 0.25) is 0 Å². The quantitative estimate of drug-likeness (QED) is 0.863. The lowest BCUT2D eigenvalue weighted by atomic mass is 9.76. The van der Waals surface area contributed by atoms with Crippen LogP contribution in [0.25, 0.3) is 0 Å². The highest BCUT2D eigenvalue weighted by Gasteiger charge is 2.45. The molecule has 0 spiro atoms. The molecule has 1 saturated heterocycles. The van der Waals surface area contributed by atoms with Gasteiger partial charge in [0.25, 0.3) is 0 Å². The van der Waals surface area contributed by atoms with Gasteiger partial charge in [0, 0.05) is 19.1 Å². The van der Waals surface area contributed by atoms with E-state index in [4.69, 9.17) is 10.5 Å². The number of halogens is 1. The van der Waals surface area contributed by atoms with E-state index < -0.39 is 0 Å². The lowest BCUT2D eigenvalue weighted by molar-refractivity contribution is -0.138. The minimum Gasteiger partial charge on any atom is -0.496 e. The molecule has 4 nitrogen and oxygen atoms in total. The van der Waals surface area contributed by atoms with E-state index >= 15 is 0 Å². The number of carbonyl (C=O) groups excluding carboxylic acids is 1. The monoisotopic (exact) mass is 380 g/mol. The smallest absolute Gasteiger partial charge is 0.233 e. The maximum atomic E-state index is 13.5. The Hall–Kier alpha value is -1.26. The maximum Gasteiger partial charge on any atom is 0.233 e. The third kappa shape index (κ3) is 3.86. The van der Waals surface area contributed by atoms with Crippen molar-refractivity contribution in [3.8, 4) is 5.75 Å². The van der Waals surface area contributed by atoms with Gasteiger partial charge in [-0.3, -0.25) is 4.79 Å². The number of rotatable bonds is 4. The first-order valence-corrected chi connectivity index (χ1v) is 9.68. The van der Waals surface area contributed by atoms with E-state index in [-0.39, 0.29) is 23.9 Å². The van der Waals surface area contributed by atoms with E-state index in [1.807, 2.05) is 6.92 Å². The number of carbonyl (C=O) groups is 1. The Bertz CT molecular complexity index is 618. The molecule has 146 valence electrons. The Kier molecular flexibility index (Phi) is 6.98. The van der Waals surface area contributed by atoms with Gasteiger partial charge >= 0.3 is 0 Å². The minimum absolute atomic E-state index is 0. The van der Waals surface area contributed by atoms with Crippen LogP contribution in [0.3, 0.4) is 0 Å². The van der Waals surface area contributed by atoms with Gasteiger partial charge in [-0.25, -0.2) is 0 Å². The number of nitrogens with zero attached hydrogens (tertiary/aromatic N) is 1. The van der Waals surface area contributed by atoms with E-state index in [9.17, 15) is 4.79 Å². The summed E-state index contributed by atoms with van der Waals surface area (Å²) in [4.78, 5) is 15.6. The highest BCUT2D eigenvalue weighted by atomic mass is 35.5. The summed E-state index contributed by atoms with van der Waals surface area (Å²) < 4.78 is 5.52. The van der Waals surface area contributed by atoms with Crippen molar-refractivity contribution in [2.24, 2.45) is 11.7 Å². The first-order valence-electron chi connectivity index (χ1n) is 9.68. The van der Waals surface area contributed by atoms with E-state index in [0.717, 1.165) is 68.5 Å². The van der Waals surface area contributed by atoms with Crippen LogP contribution in [0, 0.1) is 12.8 Å². The molecule has 0 bridgehead atoms. The largest absolute Gasteiger partial charge is 0.496 e. The molecule has 1 heterocycles. The SMILES string of the molecule is COc1cc(C2(C(=O)N3CCC(C(C)N)CC3)CCCC2)ccc1C.Cl. The van der Waals surface area contributed by atoms with Gasteiger partial charge in [-0.05, 0) is 62.6 Å². The maximum absolute atomic E-state index is 13.5. The van der Waals surface area contributed by atoms with Crippen molar-refractivity contribution in [1.29, 1.82) is 0 Å². The fraction of sp³-hybridized carbons (Fsp3) is 0.667. The van der Waals surface area contributed by atoms with Crippen LogP contribution in [-0.4, -0.2) is 37.0 Å². The zero-order chi connectivity index (χ0) is 18.0. The summed E-state index contributed by atoms with van der Waals surface area (Å²) >= 11 is 0. The van der Waals surface area contributed by atoms with Crippen LogP contribution in [0.15, 0.2) is 18.2 Å². The van der Waals surface area contributed by atoms with Gasteiger partial charge in [-0.2, -0.15) is 0 Å². The van der Waals surface area contributed by atoms with E-state index in [1.54, 1.807) is 7.11 Å². The van der Waals surface area contributed by atoms with Gasteiger partial charge in [0.05, 0.1) is 12.5 Å². The number of piperidine rings is 1. The Morgan fingerprint density at radius 3 is 2.42 bits per heavy atom. The highest BCUT2D eigenvalue weighted by molar-refractivity contribution is 5.89. The Balaban J connectivity index is 0.00000243. The molecule has 1 atom stereocenters. The summed E-state index contributed by atoms with van der Waals surface area (Å²) in [6, 6.07) is 6.53. The average molecular weight is 381 g/mol. The van der Waals surface area contributed by atoms with Crippen LogP contribution in [-0.2, 0) is 10.2 Å². The van der Waals surface area contributed by atoms with Crippen LogP contribution in [0.5, 0.6) is 5.75 Å². The molecule has 2 aliphatic rings. The fourth-order valence-corrected chi connectivity index (χ4v) is 4.65. The van der Waals surface area contributed by atoms with Crippen molar-refractivity contribution in [2.75, 3.05) is 20.2 Å². The third-order valence-corrected chi connectivity index (χ3v) is 6.40. The van der Waals surface area contributed by atoms with E-state index in [2.05, 4.69) is 30.0 Å². The lowest BCUT2D eigenvalue weighted by Gasteiger charge is -2.39. The molecule has 2 fully saturated rings. The molecule has 3 rings (SSSR count). The number of amides is 1. The number of hydrogen-bond acceptors (Lipinski definition) is 3. The van der Waals surface area contributed by atoms with Gasteiger partial charge in [0.1, 0.15) is 5.75 Å². The third-order valence-electron chi connectivity index (χ3n) is 6.40. The van der Waals surface area contributed by atoms with Crippen molar-refractivity contribution >= 4 is 18.3 Å². The van der Waals surface area contributed by atoms with E-state index in [0.29, 0.717) is 11.8 Å². The molecule has 1 aliphatic heterocycles. The molecule has 5 heteroatoms. The first kappa shape index (κ1) is 21.0. The molecular formula is C21H33ClN2O2. The number of nitrogens with two attached hydrogens (primary N) is 1. The van der Waals surface area contributed by atoms with Gasteiger partial charge in [-0.1, -0.05) is 25.0 Å². The van der Waals surface area contributed by atoms with Crippen LogP contribution in [0.1, 0.15) is 56.6 Å². The number of hydrogen-bond donors (Lipinski definition) is 1. The molecule has 1 saturated carbocycles. The second kappa shape index (κ2) is 8.62. The Morgan fingerprint density at radius 2 is 1.88 bits per heavy atom. The molecule has 0 radical (unpaired) electrons. The summed E-state index contributed by atoms with van der Waals surface area (Å²) in [6.45, 7) is 5.81. The highest BCUT2D eigenvalue weighted by Crippen LogP contribution is 2.44. The topological polar surface area (TPSA) is 55.6 Å². The van der Waals surface area contributed by atoms with Crippen LogP contribution in [0.4, 0.5) is 0 Å². The van der Waals surface area contributed by atoms with Gasteiger partial charge in [-0.15, -0.1) is 12.4 Å². The summed E-state index contributed by atoms with van der Waals surface area (Å²) in [7, 11) is 1.70. The first-order chi connectivity index (χ1) is 12.0. The Morgan fingerprint density at radius 1 is 1.27 bits per heavy atom. The summed E-state index contributed by atoms with van der Waals surface area (Å²) in [6.07, 6.45) is 6.19. The Labute approximate surface area is 163 Å². The molecule has 1 unspecified atom stereocenters. The summed E-state index contributed by atoms with van der Waals surface area (Å²) in [5.74, 6) is 1.74. The molecule has 2 N–H and O–H groups in total. The minimum atomic E-state index is -0.359. The number of aryl methyl sites for hydroxylation is 1. The molecule has 1 amide bonds. The zero-order valence-electron chi connectivity index (χ0n) is 16.3. The van der Waals surface area contributed by atoms with Crippen molar-refractivity contribution in [1.82, 2.24) is 4.90 Å². The number of ether oxygens (including phenoxy) is 1. The van der Waals surface area contributed by atoms with Gasteiger partial charge < -0.3 is 15.4 Å². The van der Waals surface area contributed by atoms with Crippen molar-refractivity contribution in [3.05, 3.63) is 29.3 Å². The predicted molar refractivity (Wildman–Crippen MR) is 108 cm³/mol.